The van der Waals surface area contributed by atoms with Gasteiger partial charge in [0.2, 0.25) is 0 Å². The second kappa shape index (κ2) is 5.81. The summed E-state index contributed by atoms with van der Waals surface area (Å²) in [7, 11) is 0. The van der Waals surface area contributed by atoms with Gasteiger partial charge in [-0.15, -0.1) is 0 Å². The number of thioether (sulfide) groups is 1. The molecule has 5 rings (SSSR count). The van der Waals surface area contributed by atoms with Gasteiger partial charge >= 0.3 is 0 Å². The molecule has 1 fully saturated rings. The fourth-order valence-electron chi connectivity index (χ4n) is 3.87. The number of rotatable bonds is 1. The number of benzene rings is 1. The maximum Gasteiger partial charge on any atom is 0.111 e. The molecular weight excluding hydrogens is 382 g/mol. The first-order chi connectivity index (χ1) is 11.8. The van der Waals surface area contributed by atoms with Gasteiger partial charge in [-0.1, -0.05) is 6.08 Å². The largest absolute Gasteiger partial charge is 0.368 e. The Kier molecular flexibility index (Phi) is 3.60. The summed E-state index contributed by atoms with van der Waals surface area (Å²) in [6, 6.07) is 6.66. The highest BCUT2D eigenvalue weighted by molar-refractivity contribution is 9.10. The van der Waals surface area contributed by atoms with Crippen molar-refractivity contribution in [2.45, 2.75) is 12.8 Å². The van der Waals surface area contributed by atoms with Gasteiger partial charge in [-0.3, -0.25) is 4.99 Å². The molecule has 2 aliphatic heterocycles. The van der Waals surface area contributed by atoms with Crippen LogP contribution in [0.25, 0.3) is 11.3 Å². The highest BCUT2D eigenvalue weighted by Crippen LogP contribution is 2.44. The number of hydrogen-bond acceptors (Lipinski definition) is 3. The Morgan fingerprint density at radius 3 is 2.88 bits per heavy atom. The van der Waals surface area contributed by atoms with Crippen molar-refractivity contribution in [2.24, 2.45) is 4.99 Å². The number of aromatic nitrogens is 1. The lowest BCUT2D eigenvalue weighted by atomic mass is 9.98. The summed E-state index contributed by atoms with van der Waals surface area (Å²) in [6.07, 6.45) is 8.81. The van der Waals surface area contributed by atoms with E-state index in [1.165, 1.54) is 39.7 Å². The summed E-state index contributed by atoms with van der Waals surface area (Å²) in [6.45, 7) is 2.20. The molecule has 0 radical (unpaired) electrons. The van der Waals surface area contributed by atoms with Crippen LogP contribution < -0.4 is 4.90 Å². The molecule has 0 N–H and O–H groups in total. The molecule has 2 aromatic rings. The number of fused-ring (bicyclic) bond motifs is 2. The van der Waals surface area contributed by atoms with Crippen LogP contribution >= 0.6 is 27.7 Å². The monoisotopic (exact) mass is 399 g/mol. The topological polar surface area (TPSA) is 20.5 Å². The maximum absolute atomic E-state index is 4.94. The predicted octanol–water partition coefficient (Wildman–Crippen LogP) is 4.84. The molecule has 3 nitrogen and oxygen atoms in total. The van der Waals surface area contributed by atoms with Crippen LogP contribution in [-0.2, 0) is 6.42 Å². The van der Waals surface area contributed by atoms with E-state index in [1.807, 2.05) is 11.8 Å². The maximum atomic E-state index is 4.94. The Morgan fingerprint density at radius 2 is 2.00 bits per heavy atom. The number of aliphatic imine (C=N–C) groups is 1. The van der Waals surface area contributed by atoms with E-state index in [2.05, 4.69) is 62.1 Å². The van der Waals surface area contributed by atoms with E-state index in [4.69, 9.17) is 4.99 Å². The van der Waals surface area contributed by atoms with Crippen LogP contribution in [0.15, 0.2) is 39.9 Å². The molecule has 1 saturated heterocycles. The van der Waals surface area contributed by atoms with E-state index < -0.39 is 0 Å². The van der Waals surface area contributed by atoms with Crippen molar-refractivity contribution in [1.82, 2.24) is 4.57 Å². The van der Waals surface area contributed by atoms with Gasteiger partial charge in [0.1, 0.15) is 5.69 Å². The van der Waals surface area contributed by atoms with Crippen LogP contribution in [0.3, 0.4) is 0 Å². The molecule has 3 heterocycles. The Hall–Kier alpha value is -1.46. The Morgan fingerprint density at radius 1 is 1.12 bits per heavy atom. The van der Waals surface area contributed by atoms with Crippen LogP contribution in [0.2, 0.25) is 0 Å². The molecule has 3 aliphatic rings. The number of allylic oxidation sites excluding steroid dienone is 2. The lowest BCUT2D eigenvalue weighted by molar-refractivity contribution is 0.857. The third-order valence-corrected chi connectivity index (χ3v) is 6.61. The fourth-order valence-corrected chi connectivity index (χ4v) is 5.29. The number of aryl methyl sites for hydroxylation is 1. The molecule has 0 spiro atoms. The minimum atomic E-state index is 1.09. The zero-order valence-electron chi connectivity index (χ0n) is 13.3. The fraction of sp³-hybridized carbons (Fsp3) is 0.316. The van der Waals surface area contributed by atoms with Crippen LogP contribution in [0.4, 0.5) is 11.4 Å². The highest BCUT2D eigenvalue weighted by atomic mass is 79.9. The second-order valence-corrected chi connectivity index (χ2v) is 8.46. The van der Waals surface area contributed by atoms with Gasteiger partial charge in [-0.2, -0.15) is 11.8 Å². The summed E-state index contributed by atoms with van der Waals surface area (Å²) in [4.78, 5) is 7.43. The first-order valence-electron chi connectivity index (χ1n) is 8.43. The third kappa shape index (κ3) is 2.21. The predicted molar refractivity (Wildman–Crippen MR) is 107 cm³/mol. The highest BCUT2D eigenvalue weighted by Gasteiger charge is 2.25. The summed E-state index contributed by atoms with van der Waals surface area (Å²) < 4.78 is 3.43. The Labute approximate surface area is 154 Å². The van der Waals surface area contributed by atoms with Crippen LogP contribution in [0, 0.1) is 0 Å². The summed E-state index contributed by atoms with van der Waals surface area (Å²) in [5.74, 6) is 2.39. The molecule has 0 saturated carbocycles. The van der Waals surface area contributed by atoms with Gasteiger partial charge in [-0.25, -0.2) is 0 Å². The van der Waals surface area contributed by atoms with Gasteiger partial charge in [-0.05, 0) is 52.5 Å². The SMILES string of the molecule is Brc1ccc(N2CCSCC2)c2c1-n1ccc3c1C(=CCC3)C=N2. The van der Waals surface area contributed by atoms with Crippen LogP contribution in [0.1, 0.15) is 17.7 Å². The molecule has 1 aromatic carbocycles. The standard InChI is InChI=1S/C19H18BrN3S/c20-15-4-5-16(22-8-10-24-11-9-22)17-19(15)23-7-6-13-2-1-3-14(12-21-17)18(13)23/h3-7,12H,1-2,8-11H2. The molecule has 122 valence electrons. The number of anilines is 1. The lowest BCUT2D eigenvalue weighted by Gasteiger charge is -2.30. The molecule has 1 aromatic heterocycles. The van der Waals surface area contributed by atoms with E-state index in [9.17, 15) is 0 Å². The van der Waals surface area contributed by atoms with Crippen molar-refractivity contribution in [3.05, 3.63) is 46.2 Å². The van der Waals surface area contributed by atoms with E-state index in [-0.39, 0.29) is 0 Å². The van der Waals surface area contributed by atoms with Crippen LogP contribution in [0.5, 0.6) is 0 Å². The zero-order chi connectivity index (χ0) is 16.1. The average Bonchev–Trinajstić information content (AvgIpc) is 2.96. The van der Waals surface area contributed by atoms with Crippen molar-refractivity contribution in [3.8, 4) is 5.69 Å². The van der Waals surface area contributed by atoms with Gasteiger partial charge in [0, 0.05) is 47.1 Å². The second-order valence-electron chi connectivity index (χ2n) is 6.38. The van der Waals surface area contributed by atoms with Crippen molar-refractivity contribution in [2.75, 3.05) is 29.5 Å². The summed E-state index contributed by atoms with van der Waals surface area (Å²) in [5, 5.41) is 0. The molecule has 1 aliphatic carbocycles. The average molecular weight is 400 g/mol. The number of halogens is 1. The van der Waals surface area contributed by atoms with Crippen molar-refractivity contribution >= 4 is 50.9 Å². The minimum Gasteiger partial charge on any atom is -0.368 e. The third-order valence-electron chi connectivity index (χ3n) is 5.03. The Balaban J connectivity index is 1.76. The molecular formula is C19H18BrN3S. The van der Waals surface area contributed by atoms with Gasteiger partial charge in [0.25, 0.3) is 0 Å². The van der Waals surface area contributed by atoms with E-state index in [1.54, 1.807) is 0 Å². The first-order valence-corrected chi connectivity index (χ1v) is 10.4. The Bertz CT molecular complexity index is 875. The van der Waals surface area contributed by atoms with Crippen LogP contribution in [-0.4, -0.2) is 35.4 Å². The normalized spacial score (nSPS) is 18.7. The number of hydrogen-bond donors (Lipinski definition) is 0. The van der Waals surface area contributed by atoms with Gasteiger partial charge < -0.3 is 9.47 Å². The van der Waals surface area contributed by atoms with Gasteiger partial charge in [0.05, 0.1) is 17.1 Å². The molecule has 0 atom stereocenters. The number of nitrogens with zero attached hydrogens (tertiary/aromatic N) is 3. The molecule has 24 heavy (non-hydrogen) atoms. The molecule has 0 bridgehead atoms. The smallest absolute Gasteiger partial charge is 0.111 e. The van der Waals surface area contributed by atoms with Crippen molar-refractivity contribution in [1.29, 1.82) is 0 Å². The molecule has 0 unspecified atom stereocenters. The van der Waals surface area contributed by atoms with E-state index in [0.717, 1.165) is 36.1 Å². The van der Waals surface area contributed by atoms with E-state index in [0.29, 0.717) is 0 Å². The molecule has 0 amide bonds. The van der Waals surface area contributed by atoms with Gasteiger partial charge in [0.15, 0.2) is 0 Å². The van der Waals surface area contributed by atoms with E-state index >= 15 is 0 Å². The lowest BCUT2D eigenvalue weighted by Crippen LogP contribution is -2.32. The first kappa shape index (κ1) is 14.8. The minimum absolute atomic E-state index is 1.09. The quantitative estimate of drug-likeness (QED) is 0.683. The van der Waals surface area contributed by atoms with Crippen molar-refractivity contribution in [3.63, 3.8) is 0 Å². The van der Waals surface area contributed by atoms with Crippen molar-refractivity contribution < 1.29 is 0 Å². The zero-order valence-corrected chi connectivity index (χ0v) is 15.7. The molecule has 5 heteroatoms. The summed E-state index contributed by atoms with van der Waals surface area (Å²) >= 11 is 5.82. The summed E-state index contributed by atoms with van der Waals surface area (Å²) in [5.41, 5.74) is 7.52.